The predicted octanol–water partition coefficient (Wildman–Crippen LogP) is 2.65. The lowest BCUT2D eigenvalue weighted by molar-refractivity contribution is -0.385. The summed E-state index contributed by atoms with van der Waals surface area (Å²) in [4.78, 5) is 15.8. The molecule has 2 aromatic rings. The summed E-state index contributed by atoms with van der Waals surface area (Å²) < 4.78 is 26.9. The Balaban J connectivity index is 2.37. The average molecular weight is 384 g/mol. The number of imidazole rings is 1. The lowest BCUT2D eigenvalue weighted by Crippen LogP contribution is -2.23. The summed E-state index contributed by atoms with van der Waals surface area (Å²) >= 11 is 1.37. The van der Waals surface area contributed by atoms with E-state index >= 15 is 0 Å². The van der Waals surface area contributed by atoms with E-state index in [4.69, 9.17) is 0 Å². The van der Waals surface area contributed by atoms with Crippen LogP contribution in [0.3, 0.4) is 0 Å². The molecule has 0 unspecified atom stereocenters. The minimum Gasteiger partial charge on any atom is -0.325 e. The van der Waals surface area contributed by atoms with Crippen molar-refractivity contribution in [2.45, 2.75) is 36.2 Å². The zero-order valence-corrected chi connectivity index (χ0v) is 16.0. The molecule has 0 radical (unpaired) electrons. The molecular formula is C15H20N4O4S2. The minimum atomic E-state index is -3.32. The van der Waals surface area contributed by atoms with E-state index in [0.29, 0.717) is 5.82 Å². The average Bonchev–Trinajstić information content (AvgIpc) is 2.82. The summed E-state index contributed by atoms with van der Waals surface area (Å²) in [6.07, 6.45) is 1.10. The predicted molar refractivity (Wildman–Crippen MR) is 96.2 cm³/mol. The maximum Gasteiger partial charge on any atom is 0.270 e. The molecule has 0 atom stereocenters. The van der Waals surface area contributed by atoms with Crippen molar-refractivity contribution < 1.29 is 13.3 Å². The molecule has 10 heteroatoms. The van der Waals surface area contributed by atoms with Crippen LogP contribution < -0.4 is 4.72 Å². The van der Waals surface area contributed by atoms with Crippen molar-refractivity contribution in [3.63, 3.8) is 0 Å². The number of aromatic nitrogens is 2. The number of sulfonamides is 1. The van der Waals surface area contributed by atoms with Crippen LogP contribution in [-0.2, 0) is 23.6 Å². The van der Waals surface area contributed by atoms with Gasteiger partial charge in [-0.25, -0.2) is 18.1 Å². The van der Waals surface area contributed by atoms with E-state index < -0.39 is 14.9 Å². The van der Waals surface area contributed by atoms with Crippen LogP contribution >= 0.6 is 11.8 Å². The van der Waals surface area contributed by atoms with Gasteiger partial charge in [0.25, 0.3) is 5.69 Å². The lowest BCUT2D eigenvalue weighted by Gasteiger charge is -2.09. The van der Waals surface area contributed by atoms with Crippen LogP contribution in [0.25, 0.3) is 0 Å². The van der Waals surface area contributed by atoms with Crippen molar-refractivity contribution in [1.29, 1.82) is 0 Å². The zero-order valence-electron chi connectivity index (χ0n) is 14.4. The van der Waals surface area contributed by atoms with Gasteiger partial charge in [0.15, 0.2) is 0 Å². The number of non-ortho nitro benzene ring substituents is 1. The molecule has 2 rings (SSSR count). The molecule has 1 aromatic heterocycles. The molecule has 1 N–H and O–H groups in total. The third-order valence-corrected chi connectivity index (χ3v) is 5.28. The molecule has 0 aliphatic rings. The van der Waals surface area contributed by atoms with Crippen LogP contribution in [0.2, 0.25) is 0 Å². The highest BCUT2D eigenvalue weighted by Gasteiger charge is 2.19. The van der Waals surface area contributed by atoms with Gasteiger partial charge in [-0.1, -0.05) is 31.7 Å². The number of rotatable bonds is 7. The lowest BCUT2D eigenvalue weighted by atomic mass is 10.2. The highest BCUT2D eigenvalue weighted by molar-refractivity contribution is 7.99. The topological polar surface area (TPSA) is 107 Å². The van der Waals surface area contributed by atoms with E-state index in [9.17, 15) is 18.5 Å². The van der Waals surface area contributed by atoms with Gasteiger partial charge < -0.3 is 4.57 Å². The van der Waals surface area contributed by atoms with Crippen molar-refractivity contribution >= 4 is 27.5 Å². The molecule has 0 bridgehead atoms. The van der Waals surface area contributed by atoms with E-state index in [0.717, 1.165) is 21.9 Å². The quantitative estimate of drug-likeness (QED) is 0.581. The summed E-state index contributed by atoms with van der Waals surface area (Å²) in [5.74, 6) is 0.710. The second kappa shape index (κ2) is 7.54. The molecular weight excluding hydrogens is 364 g/mol. The molecule has 0 saturated carbocycles. The summed E-state index contributed by atoms with van der Waals surface area (Å²) in [7, 11) is -1.52. The van der Waals surface area contributed by atoms with Crippen molar-refractivity contribution in [3.8, 4) is 0 Å². The van der Waals surface area contributed by atoms with Crippen LogP contribution in [-0.4, -0.2) is 29.1 Å². The van der Waals surface area contributed by atoms with Gasteiger partial charge in [-0.15, -0.1) is 0 Å². The van der Waals surface area contributed by atoms with Gasteiger partial charge in [-0.05, 0) is 12.0 Å². The zero-order chi connectivity index (χ0) is 18.8. The van der Waals surface area contributed by atoms with Crippen LogP contribution in [0.4, 0.5) is 5.69 Å². The van der Waals surface area contributed by atoms with E-state index in [1.54, 1.807) is 19.2 Å². The minimum absolute atomic E-state index is 0.0252. The molecule has 1 aromatic carbocycles. The smallest absolute Gasteiger partial charge is 0.270 e. The highest BCUT2D eigenvalue weighted by atomic mass is 32.2. The summed E-state index contributed by atoms with van der Waals surface area (Å²) in [6.45, 7) is 4.08. The number of hydrogen-bond donors (Lipinski definition) is 1. The normalized spacial score (nSPS) is 11.9. The number of nitro benzene ring substituents is 1. The fourth-order valence-corrected chi connectivity index (χ4v) is 3.74. The Morgan fingerprint density at radius 3 is 2.64 bits per heavy atom. The number of nitro groups is 1. The molecule has 136 valence electrons. The van der Waals surface area contributed by atoms with E-state index in [2.05, 4.69) is 9.71 Å². The highest BCUT2D eigenvalue weighted by Crippen LogP contribution is 2.35. The molecule has 1 heterocycles. The number of nitrogens with zero attached hydrogens (tertiary/aromatic N) is 3. The SMILES string of the molecule is CC(C)c1nc(CNS(C)(=O)=O)n(C)c1Sc1cccc([N+](=O)[O-])c1. The molecule has 0 fully saturated rings. The first-order valence-electron chi connectivity index (χ1n) is 7.51. The van der Waals surface area contributed by atoms with Gasteiger partial charge >= 0.3 is 0 Å². The molecule has 0 aliphatic carbocycles. The Hall–Kier alpha value is -1.91. The fourth-order valence-electron chi connectivity index (χ4n) is 2.17. The number of hydrogen-bond acceptors (Lipinski definition) is 6. The van der Waals surface area contributed by atoms with Gasteiger partial charge in [0.1, 0.15) is 10.9 Å². The molecule has 0 spiro atoms. The Morgan fingerprint density at radius 2 is 2.08 bits per heavy atom. The fraction of sp³-hybridized carbons (Fsp3) is 0.400. The largest absolute Gasteiger partial charge is 0.325 e. The number of benzene rings is 1. The first-order valence-corrected chi connectivity index (χ1v) is 10.2. The second-order valence-corrected chi connectivity index (χ2v) is 8.78. The van der Waals surface area contributed by atoms with Crippen LogP contribution in [0.15, 0.2) is 34.2 Å². The molecule has 0 aliphatic heterocycles. The van der Waals surface area contributed by atoms with Gasteiger partial charge in [0.2, 0.25) is 10.0 Å². The molecule has 0 saturated heterocycles. The third kappa shape index (κ3) is 5.03. The molecule has 0 amide bonds. The second-order valence-electron chi connectivity index (χ2n) is 5.88. The Morgan fingerprint density at radius 1 is 1.40 bits per heavy atom. The van der Waals surface area contributed by atoms with Crippen molar-refractivity contribution in [2.24, 2.45) is 7.05 Å². The van der Waals surface area contributed by atoms with E-state index in [-0.39, 0.29) is 18.2 Å². The number of nitrogens with one attached hydrogen (secondary N) is 1. The van der Waals surface area contributed by atoms with Gasteiger partial charge in [0, 0.05) is 24.1 Å². The van der Waals surface area contributed by atoms with E-state index in [1.807, 2.05) is 18.4 Å². The van der Waals surface area contributed by atoms with Gasteiger partial charge in [0.05, 0.1) is 23.4 Å². The van der Waals surface area contributed by atoms with Gasteiger partial charge in [-0.3, -0.25) is 10.1 Å². The van der Waals surface area contributed by atoms with E-state index in [1.165, 1.54) is 23.9 Å². The first-order chi connectivity index (χ1) is 11.6. The Bertz CT molecular complexity index is 891. The van der Waals surface area contributed by atoms with Crippen LogP contribution in [0, 0.1) is 10.1 Å². The van der Waals surface area contributed by atoms with Crippen molar-refractivity contribution in [1.82, 2.24) is 14.3 Å². The molecule has 8 nitrogen and oxygen atoms in total. The third-order valence-electron chi connectivity index (χ3n) is 3.44. The first kappa shape index (κ1) is 19.4. The van der Waals surface area contributed by atoms with Gasteiger partial charge in [-0.2, -0.15) is 0 Å². The van der Waals surface area contributed by atoms with Crippen LogP contribution in [0.5, 0.6) is 0 Å². The van der Waals surface area contributed by atoms with Crippen LogP contribution in [0.1, 0.15) is 31.3 Å². The molecule has 25 heavy (non-hydrogen) atoms. The standard InChI is InChI=1S/C15H20N4O4S2/c1-10(2)14-15(18(3)13(17-14)9-16-25(4,22)23)24-12-7-5-6-11(8-12)19(20)21/h5-8,10,16H,9H2,1-4H3. The maximum atomic E-state index is 11.3. The monoisotopic (exact) mass is 384 g/mol. The van der Waals surface area contributed by atoms with Crippen molar-refractivity contribution in [2.75, 3.05) is 6.26 Å². The summed E-state index contributed by atoms with van der Waals surface area (Å²) in [5, 5.41) is 11.8. The Labute approximate surface area is 150 Å². The summed E-state index contributed by atoms with van der Waals surface area (Å²) in [5.41, 5.74) is 0.849. The van der Waals surface area contributed by atoms with Crippen molar-refractivity contribution in [3.05, 3.63) is 45.9 Å². The maximum absolute atomic E-state index is 11.3. The summed E-state index contributed by atoms with van der Waals surface area (Å²) in [6, 6.07) is 6.38. The Kier molecular flexibility index (Phi) is 5.86.